The van der Waals surface area contributed by atoms with Gasteiger partial charge < -0.3 is 29.2 Å². The van der Waals surface area contributed by atoms with E-state index in [1.807, 2.05) is 0 Å². The number of amides is 1. The molecule has 4 aromatic rings. The van der Waals surface area contributed by atoms with Gasteiger partial charge in [0.25, 0.3) is 0 Å². The first kappa shape index (κ1) is 27.3. The third-order valence-corrected chi connectivity index (χ3v) is 7.49. The van der Waals surface area contributed by atoms with Gasteiger partial charge in [-0.15, -0.1) is 0 Å². The van der Waals surface area contributed by atoms with Crippen LogP contribution in [-0.2, 0) is 21.7 Å². The number of hydrogen-bond acceptors (Lipinski definition) is 9. The topological polar surface area (TPSA) is 149 Å². The molecule has 43 heavy (non-hydrogen) atoms. The highest BCUT2D eigenvalue weighted by Crippen LogP contribution is 2.57. The van der Waals surface area contributed by atoms with E-state index < -0.39 is 23.6 Å². The van der Waals surface area contributed by atoms with Crippen molar-refractivity contribution in [2.45, 2.75) is 12.2 Å². The van der Waals surface area contributed by atoms with Crippen molar-refractivity contribution in [3.8, 4) is 23.0 Å². The number of carboxylic acids is 1. The average molecular weight is 582 g/mol. The van der Waals surface area contributed by atoms with Crippen LogP contribution in [0.5, 0.6) is 23.0 Å². The third-order valence-electron chi connectivity index (χ3n) is 7.49. The molecule has 1 spiro atoms. The molecule has 1 atom stereocenters. The molecule has 2 aliphatic heterocycles. The number of aldehydes is 1. The largest absolute Gasteiger partial charge is 0.507 e. The monoisotopic (exact) mass is 581 g/mol. The molecule has 1 amide bonds. The summed E-state index contributed by atoms with van der Waals surface area (Å²) in [6, 6.07) is 18.4. The summed E-state index contributed by atoms with van der Waals surface area (Å²) < 4.78 is 23.1. The minimum absolute atomic E-state index is 0.0206. The molecule has 216 valence electrons. The van der Waals surface area contributed by atoms with Gasteiger partial charge in [0.2, 0.25) is 0 Å². The van der Waals surface area contributed by atoms with Crippen LogP contribution in [0.1, 0.15) is 53.3 Å². The number of phenols is 1. The van der Waals surface area contributed by atoms with Crippen molar-refractivity contribution in [1.29, 1.82) is 0 Å². The fourth-order valence-corrected chi connectivity index (χ4v) is 5.29. The Bertz CT molecular complexity index is 1850. The molecule has 2 heterocycles. The Morgan fingerprint density at radius 3 is 2.40 bits per heavy atom. The highest BCUT2D eigenvalue weighted by atomic mass is 16.6. The molecule has 0 aliphatic carbocycles. The lowest BCUT2D eigenvalue weighted by molar-refractivity contribution is 0.0224. The van der Waals surface area contributed by atoms with Gasteiger partial charge in [0.15, 0.2) is 11.9 Å². The minimum Gasteiger partial charge on any atom is -0.507 e. The van der Waals surface area contributed by atoms with E-state index in [1.54, 1.807) is 42.5 Å². The van der Waals surface area contributed by atoms with Gasteiger partial charge in [-0.3, -0.25) is 9.69 Å². The second kappa shape index (κ2) is 10.2. The Hall–Kier alpha value is -5.84. The SMILES string of the molecule is COc1ccc2c(c1)Oc1cc(N(C)C(=O)OCc3ccc(C=O)c(O)c3)ccc1C21OC(=O)c2ccc(C(=O)O)cc21. The second-order valence-corrected chi connectivity index (χ2v) is 9.91. The molecule has 4 aromatic carbocycles. The van der Waals surface area contributed by atoms with Gasteiger partial charge in [0, 0.05) is 35.9 Å². The molecule has 2 aliphatic rings. The highest BCUT2D eigenvalue weighted by molar-refractivity contribution is 5.99. The Balaban J connectivity index is 1.39. The predicted octanol–water partition coefficient (Wildman–Crippen LogP) is 5.25. The number of ether oxygens (including phenoxy) is 4. The second-order valence-electron chi connectivity index (χ2n) is 9.91. The minimum atomic E-state index is -1.53. The number of rotatable bonds is 6. The molecular weight excluding hydrogens is 558 g/mol. The van der Waals surface area contributed by atoms with Gasteiger partial charge in [0.1, 0.15) is 29.6 Å². The Kier molecular flexibility index (Phi) is 6.49. The van der Waals surface area contributed by atoms with E-state index in [1.165, 1.54) is 49.4 Å². The van der Waals surface area contributed by atoms with Crippen LogP contribution in [0.2, 0.25) is 0 Å². The van der Waals surface area contributed by atoms with Gasteiger partial charge >= 0.3 is 18.0 Å². The number of anilines is 1. The summed E-state index contributed by atoms with van der Waals surface area (Å²) in [6.45, 7) is -0.160. The number of carbonyl (C=O) groups excluding carboxylic acids is 3. The fourth-order valence-electron chi connectivity index (χ4n) is 5.29. The van der Waals surface area contributed by atoms with Crippen LogP contribution < -0.4 is 14.4 Å². The zero-order chi connectivity index (χ0) is 30.5. The first-order valence-electron chi connectivity index (χ1n) is 13.0. The molecule has 0 fully saturated rings. The van der Waals surface area contributed by atoms with Crippen LogP contribution in [0.3, 0.4) is 0 Å². The van der Waals surface area contributed by atoms with Crippen LogP contribution in [-0.4, -0.2) is 48.7 Å². The first-order chi connectivity index (χ1) is 20.7. The zero-order valence-corrected chi connectivity index (χ0v) is 22.8. The van der Waals surface area contributed by atoms with E-state index in [4.69, 9.17) is 18.9 Å². The molecule has 11 heteroatoms. The first-order valence-corrected chi connectivity index (χ1v) is 13.0. The number of aromatic carboxylic acids is 1. The van der Waals surface area contributed by atoms with E-state index in [-0.39, 0.29) is 34.8 Å². The molecule has 0 radical (unpaired) electrons. The number of esters is 1. The van der Waals surface area contributed by atoms with E-state index in [0.717, 1.165) is 0 Å². The maximum absolute atomic E-state index is 13.1. The van der Waals surface area contributed by atoms with Crippen molar-refractivity contribution in [2.75, 3.05) is 19.1 Å². The molecule has 0 aromatic heterocycles. The maximum Gasteiger partial charge on any atom is 0.414 e. The number of fused-ring (bicyclic) bond motifs is 6. The lowest BCUT2D eigenvalue weighted by Crippen LogP contribution is -2.33. The van der Waals surface area contributed by atoms with Gasteiger partial charge in [-0.05, 0) is 60.2 Å². The fraction of sp³-hybridized carbons (Fsp3) is 0.125. The number of aromatic hydroxyl groups is 1. The number of nitrogens with zero attached hydrogens (tertiary/aromatic N) is 1. The standard InChI is InChI=1S/C32H23NO10/c1-33(31(39)41-16-17-3-4-19(15-34)26(35)11-17)20-6-9-23-27(13-20)42-28-14-21(40-2)7-10-24(28)32(23)25-12-18(29(36)37)5-8-22(25)30(38)43-32/h3-15,35H,16H2,1-2H3,(H,36,37). The number of carboxylic acid groups (broad SMARTS) is 1. The Labute approximate surface area is 244 Å². The third kappa shape index (κ3) is 4.38. The van der Waals surface area contributed by atoms with Crippen molar-refractivity contribution in [2.24, 2.45) is 0 Å². The summed E-state index contributed by atoms with van der Waals surface area (Å²) in [5.74, 6) is -0.962. The Morgan fingerprint density at radius 2 is 1.70 bits per heavy atom. The van der Waals surface area contributed by atoms with Crippen LogP contribution in [0, 0.1) is 0 Å². The zero-order valence-electron chi connectivity index (χ0n) is 22.8. The summed E-state index contributed by atoms with van der Waals surface area (Å²) in [4.78, 5) is 50.1. The average Bonchev–Trinajstić information content (AvgIpc) is 3.30. The van der Waals surface area contributed by atoms with Crippen LogP contribution in [0.4, 0.5) is 10.5 Å². The van der Waals surface area contributed by atoms with Gasteiger partial charge in [-0.1, -0.05) is 6.07 Å². The molecule has 2 N–H and O–H groups in total. The normalized spacial score (nSPS) is 15.8. The summed E-state index contributed by atoms with van der Waals surface area (Å²) in [6.07, 6.45) is -0.193. The van der Waals surface area contributed by atoms with Crippen molar-refractivity contribution in [3.63, 3.8) is 0 Å². The van der Waals surface area contributed by atoms with E-state index in [0.29, 0.717) is 45.7 Å². The van der Waals surface area contributed by atoms with Crippen molar-refractivity contribution < 1.29 is 48.3 Å². The lowest BCUT2D eigenvalue weighted by Gasteiger charge is -2.37. The van der Waals surface area contributed by atoms with Crippen molar-refractivity contribution >= 4 is 30.0 Å². The number of methoxy groups -OCH3 is 1. The van der Waals surface area contributed by atoms with E-state index in [2.05, 4.69) is 0 Å². The Morgan fingerprint density at radius 1 is 0.953 bits per heavy atom. The van der Waals surface area contributed by atoms with Crippen LogP contribution in [0.15, 0.2) is 72.8 Å². The smallest absolute Gasteiger partial charge is 0.414 e. The summed E-state index contributed by atoms with van der Waals surface area (Å²) >= 11 is 0. The number of benzene rings is 4. The molecule has 0 bridgehead atoms. The molecule has 6 rings (SSSR count). The molecule has 0 saturated heterocycles. The molecule has 11 nitrogen and oxygen atoms in total. The van der Waals surface area contributed by atoms with E-state index >= 15 is 0 Å². The van der Waals surface area contributed by atoms with Gasteiger partial charge in [-0.25, -0.2) is 14.4 Å². The predicted molar refractivity (Wildman–Crippen MR) is 150 cm³/mol. The van der Waals surface area contributed by atoms with Crippen molar-refractivity contribution in [1.82, 2.24) is 0 Å². The summed E-state index contributed by atoms with van der Waals surface area (Å²) in [5.41, 5.74) is 0.896. The number of carbonyl (C=O) groups is 4. The molecular formula is C32H23NO10. The number of phenolic OH excluding ortho intramolecular Hbond substituents is 1. The van der Waals surface area contributed by atoms with Gasteiger partial charge in [-0.2, -0.15) is 0 Å². The van der Waals surface area contributed by atoms with Crippen LogP contribution in [0.25, 0.3) is 0 Å². The quantitative estimate of drug-likeness (QED) is 0.228. The molecule has 0 saturated carbocycles. The van der Waals surface area contributed by atoms with Gasteiger partial charge in [0.05, 0.1) is 29.5 Å². The van der Waals surface area contributed by atoms with Crippen LogP contribution >= 0.6 is 0 Å². The number of hydrogen-bond donors (Lipinski definition) is 2. The van der Waals surface area contributed by atoms with E-state index in [9.17, 15) is 29.4 Å². The van der Waals surface area contributed by atoms with Crippen molar-refractivity contribution in [3.05, 3.63) is 112 Å². The maximum atomic E-state index is 13.1. The summed E-state index contributed by atoms with van der Waals surface area (Å²) in [5, 5.41) is 19.6. The molecule has 1 unspecified atom stereocenters. The lowest BCUT2D eigenvalue weighted by atomic mass is 9.77. The summed E-state index contributed by atoms with van der Waals surface area (Å²) in [7, 11) is 2.99. The highest BCUT2D eigenvalue weighted by Gasteiger charge is 2.54.